The highest BCUT2D eigenvalue weighted by Gasteiger charge is 2.13. The third-order valence-corrected chi connectivity index (χ3v) is 3.26. The van der Waals surface area contributed by atoms with Crippen molar-refractivity contribution in [3.05, 3.63) is 29.8 Å². The Morgan fingerprint density at radius 2 is 1.91 bits per heavy atom. The minimum absolute atomic E-state index is 0.0138. The molecule has 3 N–H and O–H groups in total. The van der Waals surface area contributed by atoms with E-state index in [4.69, 9.17) is 5.11 Å². The molecule has 0 spiro atoms. The van der Waals surface area contributed by atoms with Crippen LogP contribution >= 0.6 is 0 Å². The minimum Gasteiger partial charge on any atom is -0.435 e. The number of hydrogen-bond acceptors (Lipinski definition) is 3. The number of rotatable bonds is 8. The molecule has 2 amide bonds. The number of aliphatic hydroxyl groups excluding tert-OH is 1. The van der Waals surface area contributed by atoms with Gasteiger partial charge in [0, 0.05) is 12.6 Å². The number of amides is 2. The molecule has 0 aliphatic heterocycles. The van der Waals surface area contributed by atoms with Gasteiger partial charge in [-0.25, -0.2) is 4.79 Å². The molecule has 0 bridgehead atoms. The number of aliphatic hydroxyl groups is 1. The summed E-state index contributed by atoms with van der Waals surface area (Å²) in [7, 11) is 0. The van der Waals surface area contributed by atoms with Crippen LogP contribution in [-0.2, 0) is 0 Å². The smallest absolute Gasteiger partial charge is 0.387 e. The van der Waals surface area contributed by atoms with Crippen LogP contribution in [0.3, 0.4) is 0 Å². The summed E-state index contributed by atoms with van der Waals surface area (Å²) < 4.78 is 28.4. The summed E-state index contributed by atoms with van der Waals surface area (Å²) in [5, 5.41) is 14.4. The van der Waals surface area contributed by atoms with Crippen LogP contribution in [0.2, 0.25) is 0 Å². The summed E-state index contributed by atoms with van der Waals surface area (Å²) in [4.78, 5) is 11.9. The molecule has 0 aromatic heterocycles. The Kier molecular flexibility index (Phi) is 7.59. The van der Waals surface area contributed by atoms with Gasteiger partial charge in [-0.2, -0.15) is 8.78 Å². The lowest BCUT2D eigenvalue weighted by Crippen LogP contribution is -2.43. The highest BCUT2D eigenvalue weighted by Crippen LogP contribution is 2.19. The zero-order valence-electron chi connectivity index (χ0n) is 12.7. The van der Waals surface area contributed by atoms with Gasteiger partial charge in [-0.05, 0) is 37.5 Å². The van der Waals surface area contributed by atoms with E-state index in [2.05, 4.69) is 15.4 Å². The van der Waals surface area contributed by atoms with E-state index in [0.29, 0.717) is 6.42 Å². The van der Waals surface area contributed by atoms with Crippen molar-refractivity contribution in [2.24, 2.45) is 0 Å². The molecule has 1 aromatic carbocycles. The molecule has 0 aliphatic carbocycles. The first-order chi connectivity index (χ1) is 10.5. The van der Waals surface area contributed by atoms with Crippen molar-refractivity contribution in [3.8, 4) is 5.75 Å². The first kappa shape index (κ1) is 18.2. The number of urea groups is 1. The molecule has 0 saturated heterocycles. The van der Waals surface area contributed by atoms with Gasteiger partial charge in [-0.1, -0.05) is 19.1 Å². The third-order valence-electron chi connectivity index (χ3n) is 3.26. The van der Waals surface area contributed by atoms with E-state index >= 15 is 0 Å². The van der Waals surface area contributed by atoms with Crippen molar-refractivity contribution in [2.45, 2.75) is 45.4 Å². The van der Waals surface area contributed by atoms with E-state index in [1.807, 2.05) is 6.92 Å². The Bertz CT molecular complexity index is 455. The predicted octanol–water partition coefficient (Wildman–Crippen LogP) is 2.81. The highest BCUT2D eigenvalue weighted by molar-refractivity contribution is 5.74. The molecule has 124 valence electrons. The van der Waals surface area contributed by atoms with Gasteiger partial charge in [0.2, 0.25) is 0 Å². The van der Waals surface area contributed by atoms with E-state index in [1.54, 1.807) is 19.1 Å². The Morgan fingerprint density at radius 1 is 1.27 bits per heavy atom. The normalized spacial score (nSPS) is 13.5. The minimum atomic E-state index is -2.86. The predicted molar refractivity (Wildman–Crippen MR) is 78.9 cm³/mol. The lowest BCUT2D eigenvalue weighted by Gasteiger charge is -2.19. The summed E-state index contributed by atoms with van der Waals surface area (Å²) in [6, 6.07) is 5.39. The standard InChI is InChI=1S/C15H22F2N2O3/c1-3-12(8-9-20)19-15(21)18-10(2)11-4-6-13(7-5-11)22-14(16)17/h4-7,10,12,14,20H,3,8-9H2,1-2H3,(H2,18,19,21). The Labute approximate surface area is 128 Å². The number of carbonyl (C=O) groups is 1. The molecule has 2 unspecified atom stereocenters. The second kappa shape index (κ2) is 9.19. The molecule has 1 aromatic rings. The number of benzene rings is 1. The van der Waals surface area contributed by atoms with Crippen molar-refractivity contribution in [3.63, 3.8) is 0 Å². The van der Waals surface area contributed by atoms with Crippen molar-refractivity contribution >= 4 is 6.03 Å². The van der Waals surface area contributed by atoms with Crippen LogP contribution in [0.4, 0.5) is 13.6 Å². The maximum absolute atomic E-state index is 12.1. The zero-order valence-corrected chi connectivity index (χ0v) is 12.7. The molecule has 0 saturated carbocycles. The van der Waals surface area contributed by atoms with Gasteiger partial charge in [0.15, 0.2) is 0 Å². The van der Waals surface area contributed by atoms with Crippen LogP contribution in [0, 0.1) is 0 Å². The van der Waals surface area contributed by atoms with Gasteiger partial charge < -0.3 is 20.5 Å². The largest absolute Gasteiger partial charge is 0.435 e. The third kappa shape index (κ3) is 6.26. The van der Waals surface area contributed by atoms with Crippen molar-refractivity contribution in [1.29, 1.82) is 0 Å². The van der Waals surface area contributed by atoms with Crippen LogP contribution in [0.5, 0.6) is 5.75 Å². The summed E-state index contributed by atoms with van der Waals surface area (Å²) >= 11 is 0. The SMILES string of the molecule is CCC(CCO)NC(=O)NC(C)c1ccc(OC(F)F)cc1. The van der Waals surface area contributed by atoms with E-state index in [0.717, 1.165) is 12.0 Å². The summed E-state index contributed by atoms with van der Waals surface area (Å²) in [5.41, 5.74) is 0.770. The second-order valence-electron chi connectivity index (χ2n) is 4.90. The average Bonchev–Trinajstić information content (AvgIpc) is 2.46. The molecule has 7 heteroatoms. The number of halogens is 2. The first-order valence-electron chi connectivity index (χ1n) is 7.18. The Hall–Kier alpha value is -1.89. The van der Waals surface area contributed by atoms with Gasteiger partial charge in [-0.3, -0.25) is 0 Å². The molecule has 1 rings (SSSR count). The Balaban J connectivity index is 2.53. The average molecular weight is 316 g/mol. The fourth-order valence-corrected chi connectivity index (χ4v) is 1.98. The van der Waals surface area contributed by atoms with E-state index in [1.165, 1.54) is 12.1 Å². The van der Waals surface area contributed by atoms with Crippen LogP contribution in [0.25, 0.3) is 0 Å². The van der Waals surface area contributed by atoms with Gasteiger partial charge in [0.25, 0.3) is 0 Å². The van der Waals surface area contributed by atoms with Crippen molar-refractivity contribution < 1.29 is 23.4 Å². The molecule has 0 heterocycles. The van der Waals surface area contributed by atoms with Gasteiger partial charge in [0.1, 0.15) is 5.75 Å². The lowest BCUT2D eigenvalue weighted by atomic mass is 10.1. The number of nitrogens with one attached hydrogen (secondary N) is 2. The maximum Gasteiger partial charge on any atom is 0.387 e. The van der Waals surface area contributed by atoms with E-state index in [-0.39, 0.29) is 30.5 Å². The zero-order chi connectivity index (χ0) is 16.5. The Morgan fingerprint density at radius 3 is 2.41 bits per heavy atom. The van der Waals surface area contributed by atoms with Crippen LogP contribution in [0.15, 0.2) is 24.3 Å². The number of ether oxygens (including phenoxy) is 1. The maximum atomic E-state index is 12.1. The van der Waals surface area contributed by atoms with Gasteiger partial charge in [-0.15, -0.1) is 0 Å². The van der Waals surface area contributed by atoms with Gasteiger partial charge in [0.05, 0.1) is 6.04 Å². The van der Waals surface area contributed by atoms with E-state index in [9.17, 15) is 13.6 Å². The number of alkyl halides is 2. The van der Waals surface area contributed by atoms with Crippen molar-refractivity contribution in [1.82, 2.24) is 10.6 Å². The molecular formula is C15H22F2N2O3. The fraction of sp³-hybridized carbons (Fsp3) is 0.533. The topological polar surface area (TPSA) is 70.6 Å². The molecule has 0 fully saturated rings. The second-order valence-corrected chi connectivity index (χ2v) is 4.90. The summed E-state index contributed by atoms with van der Waals surface area (Å²) in [5.74, 6) is 0.0735. The quantitative estimate of drug-likeness (QED) is 0.690. The van der Waals surface area contributed by atoms with Crippen LogP contribution in [0.1, 0.15) is 38.3 Å². The van der Waals surface area contributed by atoms with E-state index < -0.39 is 6.61 Å². The summed E-state index contributed by atoms with van der Waals surface area (Å²) in [6.07, 6.45) is 1.22. The fourth-order valence-electron chi connectivity index (χ4n) is 1.98. The lowest BCUT2D eigenvalue weighted by molar-refractivity contribution is -0.0498. The highest BCUT2D eigenvalue weighted by atomic mass is 19.3. The van der Waals surface area contributed by atoms with Crippen LogP contribution in [-0.4, -0.2) is 30.4 Å². The van der Waals surface area contributed by atoms with Crippen molar-refractivity contribution in [2.75, 3.05) is 6.61 Å². The molecule has 5 nitrogen and oxygen atoms in total. The summed E-state index contributed by atoms with van der Waals surface area (Å²) in [6.45, 7) is 0.867. The van der Waals surface area contributed by atoms with Gasteiger partial charge >= 0.3 is 12.6 Å². The molecule has 0 radical (unpaired) electrons. The number of hydrogen-bond donors (Lipinski definition) is 3. The van der Waals surface area contributed by atoms with Crippen LogP contribution < -0.4 is 15.4 Å². The monoisotopic (exact) mass is 316 g/mol. The molecule has 2 atom stereocenters. The first-order valence-corrected chi connectivity index (χ1v) is 7.18. The molecule has 22 heavy (non-hydrogen) atoms. The number of carbonyl (C=O) groups excluding carboxylic acids is 1. The molecular weight excluding hydrogens is 294 g/mol. The molecule has 0 aliphatic rings.